The zero-order valence-corrected chi connectivity index (χ0v) is 12.3. The van der Waals surface area contributed by atoms with E-state index in [2.05, 4.69) is 5.32 Å². The second-order valence-corrected chi connectivity index (χ2v) is 5.29. The van der Waals surface area contributed by atoms with E-state index >= 15 is 0 Å². The molecule has 0 fully saturated rings. The molecule has 6 heteroatoms. The smallest absolute Gasteiger partial charge is 0.326 e. The number of thioether (sulfide) groups is 1. The summed E-state index contributed by atoms with van der Waals surface area (Å²) < 4.78 is 0. The van der Waals surface area contributed by atoms with Gasteiger partial charge in [-0.3, -0.25) is 4.79 Å². The van der Waals surface area contributed by atoms with E-state index in [9.17, 15) is 9.59 Å². The van der Waals surface area contributed by atoms with E-state index < -0.39 is 17.9 Å². The van der Waals surface area contributed by atoms with Crippen LogP contribution in [0, 0.1) is 0 Å². The number of rotatable bonds is 6. The molecule has 1 aromatic rings. The number of benzene rings is 1. The largest absolute Gasteiger partial charge is 0.480 e. The minimum atomic E-state index is -1.03. The lowest BCUT2D eigenvalue weighted by atomic mass is 10.1. The first-order valence-electron chi connectivity index (χ1n) is 5.86. The summed E-state index contributed by atoms with van der Waals surface area (Å²) in [5.74, 6) is -1.49. The summed E-state index contributed by atoms with van der Waals surface area (Å²) in [6.07, 6.45) is 2.96. The molecule has 0 heterocycles. The molecule has 1 atom stereocenters. The summed E-state index contributed by atoms with van der Waals surface area (Å²) in [6, 6.07) is 4.22. The molecule has 1 amide bonds. The Morgan fingerprint density at radius 2 is 2.16 bits per heavy atom. The SMILES string of the molecule is CCC[C@@H](NC(=O)c1cc(SC)ccc1Cl)C(=O)O. The molecule has 0 spiro atoms. The molecular formula is C13H16ClNO3S. The van der Waals surface area contributed by atoms with Gasteiger partial charge in [0, 0.05) is 4.90 Å². The maximum absolute atomic E-state index is 12.1. The number of carbonyl (C=O) groups excluding carboxylic acids is 1. The zero-order chi connectivity index (χ0) is 14.4. The van der Waals surface area contributed by atoms with Gasteiger partial charge < -0.3 is 10.4 Å². The van der Waals surface area contributed by atoms with Gasteiger partial charge in [-0.25, -0.2) is 4.79 Å². The van der Waals surface area contributed by atoms with Gasteiger partial charge in [0.15, 0.2) is 0 Å². The second-order valence-electron chi connectivity index (χ2n) is 4.00. The highest BCUT2D eigenvalue weighted by molar-refractivity contribution is 7.98. The molecule has 2 N–H and O–H groups in total. The van der Waals surface area contributed by atoms with Crippen LogP contribution in [0.5, 0.6) is 0 Å². The molecule has 0 unspecified atom stereocenters. The minimum absolute atomic E-state index is 0.302. The van der Waals surface area contributed by atoms with Crippen LogP contribution in [0.1, 0.15) is 30.1 Å². The first-order valence-corrected chi connectivity index (χ1v) is 7.47. The zero-order valence-electron chi connectivity index (χ0n) is 10.8. The second kappa shape index (κ2) is 7.40. The molecule has 19 heavy (non-hydrogen) atoms. The summed E-state index contributed by atoms with van der Waals surface area (Å²) in [5, 5.41) is 11.8. The molecular weight excluding hydrogens is 286 g/mol. The van der Waals surface area contributed by atoms with Crippen molar-refractivity contribution in [3.63, 3.8) is 0 Å². The molecule has 0 aliphatic rings. The van der Waals surface area contributed by atoms with Crippen molar-refractivity contribution < 1.29 is 14.7 Å². The van der Waals surface area contributed by atoms with Gasteiger partial charge in [-0.1, -0.05) is 24.9 Å². The Balaban J connectivity index is 2.90. The van der Waals surface area contributed by atoms with Crippen LogP contribution < -0.4 is 5.32 Å². The van der Waals surface area contributed by atoms with Gasteiger partial charge in [0.1, 0.15) is 6.04 Å². The molecule has 0 saturated heterocycles. The molecule has 0 saturated carbocycles. The molecule has 4 nitrogen and oxygen atoms in total. The molecule has 0 aliphatic carbocycles. The number of amides is 1. The maximum atomic E-state index is 12.1. The third-order valence-corrected chi connectivity index (χ3v) is 3.65. The van der Waals surface area contributed by atoms with E-state index in [1.165, 1.54) is 11.8 Å². The van der Waals surface area contributed by atoms with E-state index in [1.54, 1.807) is 12.1 Å². The average Bonchev–Trinajstić information content (AvgIpc) is 2.38. The van der Waals surface area contributed by atoms with Crippen LogP contribution in [0.4, 0.5) is 0 Å². The number of aliphatic carboxylic acids is 1. The first kappa shape index (κ1) is 15.9. The standard InChI is InChI=1S/C13H16ClNO3S/c1-3-4-11(13(17)18)15-12(16)9-7-8(19-2)5-6-10(9)14/h5-7,11H,3-4H2,1-2H3,(H,15,16)(H,17,18)/t11-/m1/s1. The normalized spacial score (nSPS) is 11.9. The molecule has 0 aliphatic heterocycles. The lowest BCUT2D eigenvalue weighted by Gasteiger charge is -2.14. The molecule has 104 valence electrons. The summed E-state index contributed by atoms with van der Waals surface area (Å²) in [4.78, 5) is 24.0. The molecule has 1 aromatic carbocycles. The van der Waals surface area contributed by atoms with Gasteiger partial charge in [-0.05, 0) is 30.9 Å². The van der Waals surface area contributed by atoms with Gasteiger partial charge in [0.25, 0.3) is 5.91 Å². The van der Waals surface area contributed by atoms with Gasteiger partial charge in [-0.2, -0.15) is 0 Å². The van der Waals surface area contributed by atoms with E-state index in [4.69, 9.17) is 16.7 Å². The number of hydrogen-bond acceptors (Lipinski definition) is 3. The van der Waals surface area contributed by atoms with Gasteiger partial charge in [0.05, 0.1) is 10.6 Å². The van der Waals surface area contributed by atoms with Crippen molar-refractivity contribution in [2.24, 2.45) is 0 Å². The quantitative estimate of drug-likeness (QED) is 0.793. The van der Waals surface area contributed by atoms with Crippen molar-refractivity contribution in [1.82, 2.24) is 5.32 Å². The van der Waals surface area contributed by atoms with Crippen molar-refractivity contribution in [2.45, 2.75) is 30.7 Å². The van der Waals surface area contributed by atoms with Gasteiger partial charge in [-0.15, -0.1) is 11.8 Å². The number of carboxylic acids is 1. The monoisotopic (exact) mass is 301 g/mol. The van der Waals surface area contributed by atoms with E-state index in [-0.39, 0.29) is 0 Å². The Morgan fingerprint density at radius 3 is 2.68 bits per heavy atom. The van der Waals surface area contributed by atoms with E-state index in [0.29, 0.717) is 23.4 Å². The fourth-order valence-corrected chi connectivity index (χ4v) is 2.23. The fraction of sp³-hybridized carbons (Fsp3) is 0.385. The molecule has 0 bridgehead atoms. The van der Waals surface area contributed by atoms with Gasteiger partial charge >= 0.3 is 5.97 Å². The molecule has 0 aromatic heterocycles. The molecule has 0 radical (unpaired) electrons. The predicted octanol–water partition coefficient (Wildman–Crippen LogP) is 3.05. The number of carboxylic acid groups (broad SMARTS) is 1. The highest BCUT2D eigenvalue weighted by Crippen LogP contribution is 2.23. The Labute approximate surface area is 121 Å². The Morgan fingerprint density at radius 1 is 1.47 bits per heavy atom. The van der Waals surface area contributed by atoms with Crippen molar-refractivity contribution in [1.29, 1.82) is 0 Å². The minimum Gasteiger partial charge on any atom is -0.480 e. The van der Waals surface area contributed by atoms with Crippen LogP contribution in [0.3, 0.4) is 0 Å². The Hall–Kier alpha value is -1.20. The predicted molar refractivity (Wildman–Crippen MR) is 77.0 cm³/mol. The highest BCUT2D eigenvalue weighted by atomic mass is 35.5. The van der Waals surface area contributed by atoms with Crippen molar-refractivity contribution in [2.75, 3.05) is 6.26 Å². The van der Waals surface area contributed by atoms with Gasteiger partial charge in [0.2, 0.25) is 0 Å². The maximum Gasteiger partial charge on any atom is 0.326 e. The lowest BCUT2D eigenvalue weighted by Crippen LogP contribution is -2.40. The van der Waals surface area contributed by atoms with Crippen molar-refractivity contribution in [3.05, 3.63) is 28.8 Å². The fourth-order valence-electron chi connectivity index (χ4n) is 1.59. The Bertz CT molecular complexity index is 479. The number of hydrogen-bond donors (Lipinski definition) is 2. The number of halogens is 1. The average molecular weight is 302 g/mol. The van der Waals surface area contributed by atoms with Crippen molar-refractivity contribution >= 4 is 35.2 Å². The summed E-state index contributed by atoms with van der Waals surface area (Å²) >= 11 is 7.46. The third kappa shape index (κ3) is 4.44. The van der Waals surface area contributed by atoms with Crippen LogP contribution in [0.15, 0.2) is 23.1 Å². The van der Waals surface area contributed by atoms with Crippen LogP contribution in [-0.4, -0.2) is 29.3 Å². The summed E-state index contributed by atoms with van der Waals surface area (Å²) in [6.45, 7) is 1.86. The van der Waals surface area contributed by atoms with E-state index in [0.717, 1.165) is 4.90 Å². The summed E-state index contributed by atoms with van der Waals surface area (Å²) in [7, 11) is 0. The molecule has 1 rings (SSSR count). The Kier molecular flexibility index (Phi) is 6.18. The van der Waals surface area contributed by atoms with E-state index in [1.807, 2.05) is 19.2 Å². The van der Waals surface area contributed by atoms with Crippen LogP contribution >= 0.6 is 23.4 Å². The highest BCUT2D eigenvalue weighted by Gasteiger charge is 2.21. The van der Waals surface area contributed by atoms with Crippen molar-refractivity contribution in [3.8, 4) is 0 Å². The van der Waals surface area contributed by atoms with Crippen LogP contribution in [-0.2, 0) is 4.79 Å². The van der Waals surface area contributed by atoms with Crippen LogP contribution in [0.25, 0.3) is 0 Å². The first-order chi connectivity index (χ1) is 8.99. The lowest BCUT2D eigenvalue weighted by molar-refractivity contribution is -0.139. The topological polar surface area (TPSA) is 66.4 Å². The van der Waals surface area contributed by atoms with Crippen LogP contribution in [0.2, 0.25) is 5.02 Å². The third-order valence-electron chi connectivity index (χ3n) is 2.60. The number of nitrogens with one attached hydrogen (secondary N) is 1. The number of carbonyl (C=O) groups is 2. The summed E-state index contributed by atoms with van der Waals surface area (Å²) in [5.41, 5.74) is 0.302.